The van der Waals surface area contributed by atoms with Gasteiger partial charge < -0.3 is 14.2 Å². The number of ether oxygens (including phenoxy) is 3. The lowest BCUT2D eigenvalue weighted by Crippen LogP contribution is -2.26. The van der Waals surface area contributed by atoms with Crippen LogP contribution in [0.4, 0.5) is 0 Å². The zero-order chi connectivity index (χ0) is 14.4. The van der Waals surface area contributed by atoms with Crippen molar-refractivity contribution in [1.82, 2.24) is 0 Å². The topological polar surface area (TPSA) is 61.8 Å². The molecule has 19 heavy (non-hydrogen) atoms. The molecule has 1 aromatic carbocycles. The lowest BCUT2D eigenvalue weighted by atomic mass is 10.2. The first-order chi connectivity index (χ1) is 9.03. The Morgan fingerprint density at radius 2 is 2.11 bits per heavy atom. The Kier molecular flexibility index (Phi) is 5.82. The molecule has 1 atom stereocenters. The van der Waals surface area contributed by atoms with E-state index in [-0.39, 0.29) is 6.61 Å². The molecule has 104 valence electrons. The molecule has 0 unspecified atom stereocenters. The molecular weight excluding hydrogens is 316 g/mol. The number of rotatable bonds is 6. The number of halogens is 1. The Hall–Kier alpha value is -1.56. The number of hydrogen-bond donors (Lipinski definition) is 0. The number of methoxy groups -OCH3 is 1. The van der Waals surface area contributed by atoms with E-state index in [1.54, 1.807) is 19.9 Å². The number of benzene rings is 1. The van der Waals surface area contributed by atoms with Gasteiger partial charge in [0.15, 0.2) is 23.9 Å². The maximum atomic E-state index is 11.5. The Balaban J connectivity index is 2.97. The summed E-state index contributed by atoms with van der Waals surface area (Å²) in [5.74, 6) is 0.280. The largest absolute Gasteiger partial charge is 0.493 e. The maximum Gasteiger partial charge on any atom is 0.347 e. The lowest BCUT2D eigenvalue weighted by Gasteiger charge is -2.16. The van der Waals surface area contributed by atoms with Crippen LogP contribution < -0.4 is 9.47 Å². The average molecular weight is 331 g/mol. The van der Waals surface area contributed by atoms with Crippen molar-refractivity contribution in [1.29, 1.82) is 0 Å². The van der Waals surface area contributed by atoms with Crippen LogP contribution in [0.15, 0.2) is 16.6 Å². The van der Waals surface area contributed by atoms with Gasteiger partial charge in [-0.1, -0.05) is 0 Å². The summed E-state index contributed by atoms with van der Waals surface area (Å²) < 4.78 is 16.0. The molecule has 0 radical (unpaired) electrons. The predicted octanol–water partition coefficient (Wildman–Crippen LogP) is 2.60. The Labute approximate surface area is 120 Å². The van der Waals surface area contributed by atoms with Gasteiger partial charge in [-0.3, -0.25) is 4.79 Å². The summed E-state index contributed by atoms with van der Waals surface area (Å²) in [5, 5.41) is 0. The summed E-state index contributed by atoms with van der Waals surface area (Å²) in [7, 11) is 1.46. The fourth-order valence-corrected chi connectivity index (χ4v) is 1.81. The molecule has 0 saturated carbocycles. The highest BCUT2D eigenvalue weighted by molar-refractivity contribution is 9.10. The molecule has 0 fully saturated rings. The van der Waals surface area contributed by atoms with Crippen LogP contribution in [0.2, 0.25) is 0 Å². The summed E-state index contributed by atoms with van der Waals surface area (Å²) in [6.07, 6.45) is -0.0617. The van der Waals surface area contributed by atoms with E-state index in [2.05, 4.69) is 15.9 Å². The summed E-state index contributed by atoms with van der Waals surface area (Å²) in [5.41, 5.74) is 0.438. The van der Waals surface area contributed by atoms with Crippen molar-refractivity contribution >= 4 is 28.2 Å². The van der Waals surface area contributed by atoms with Gasteiger partial charge in [0, 0.05) is 10.0 Å². The van der Waals surface area contributed by atoms with Crippen LogP contribution in [0.3, 0.4) is 0 Å². The van der Waals surface area contributed by atoms with E-state index < -0.39 is 12.1 Å². The minimum Gasteiger partial charge on any atom is -0.493 e. The van der Waals surface area contributed by atoms with Crippen LogP contribution >= 0.6 is 15.9 Å². The van der Waals surface area contributed by atoms with Gasteiger partial charge in [0.2, 0.25) is 0 Å². The molecule has 0 N–H and O–H groups in total. The van der Waals surface area contributed by atoms with Gasteiger partial charge in [0.05, 0.1) is 13.7 Å². The second-order valence-corrected chi connectivity index (χ2v) is 4.51. The van der Waals surface area contributed by atoms with Gasteiger partial charge in [0.25, 0.3) is 0 Å². The monoisotopic (exact) mass is 330 g/mol. The van der Waals surface area contributed by atoms with Crippen LogP contribution in [0, 0.1) is 0 Å². The van der Waals surface area contributed by atoms with Crippen LogP contribution in [0.5, 0.6) is 11.5 Å². The van der Waals surface area contributed by atoms with E-state index in [0.29, 0.717) is 27.8 Å². The SMILES string of the molecule is CCOC(=O)[C@@H](C)Oc1cc(Br)c(C=O)cc1OC. The molecule has 0 aliphatic rings. The van der Waals surface area contributed by atoms with E-state index in [1.165, 1.54) is 13.2 Å². The summed E-state index contributed by atoms with van der Waals surface area (Å²) in [6, 6.07) is 3.11. The molecule has 0 aliphatic heterocycles. The maximum absolute atomic E-state index is 11.5. The van der Waals surface area contributed by atoms with Crippen LogP contribution in [0.1, 0.15) is 24.2 Å². The standard InChI is InChI=1S/C13H15BrO5/c1-4-18-13(16)8(2)19-12-6-10(14)9(7-15)5-11(12)17-3/h5-8H,4H2,1-3H3/t8-/m1/s1. The highest BCUT2D eigenvalue weighted by Crippen LogP contribution is 2.33. The van der Waals surface area contributed by atoms with Crippen molar-refractivity contribution in [2.75, 3.05) is 13.7 Å². The van der Waals surface area contributed by atoms with Crippen molar-refractivity contribution < 1.29 is 23.8 Å². The normalized spacial score (nSPS) is 11.6. The number of carbonyl (C=O) groups excluding carboxylic acids is 2. The number of aldehydes is 1. The van der Waals surface area contributed by atoms with Crippen LogP contribution in [-0.4, -0.2) is 32.1 Å². The van der Waals surface area contributed by atoms with Crippen LogP contribution in [0.25, 0.3) is 0 Å². The fourth-order valence-electron chi connectivity index (χ4n) is 1.39. The molecule has 0 heterocycles. The molecule has 1 rings (SSSR count). The molecule has 0 saturated heterocycles. The summed E-state index contributed by atoms with van der Waals surface area (Å²) >= 11 is 3.25. The lowest BCUT2D eigenvalue weighted by molar-refractivity contribution is -0.150. The van der Waals surface area contributed by atoms with Crippen molar-refractivity contribution in [2.45, 2.75) is 20.0 Å². The molecule has 0 amide bonds. The fraction of sp³-hybridized carbons (Fsp3) is 0.385. The van der Waals surface area contributed by atoms with E-state index in [4.69, 9.17) is 14.2 Å². The highest BCUT2D eigenvalue weighted by Gasteiger charge is 2.19. The first-order valence-electron chi connectivity index (χ1n) is 5.69. The summed E-state index contributed by atoms with van der Waals surface area (Å²) in [4.78, 5) is 22.3. The van der Waals surface area contributed by atoms with E-state index in [0.717, 1.165) is 0 Å². The number of esters is 1. The zero-order valence-corrected chi connectivity index (χ0v) is 12.5. The third-order valence-corrected chi connectivity index (χ3v) is 3.02. The molecule has 0 aromatic heterocycles. The minimum absolute atomic E-state index is 0.289. The molecule has 0 spiro atoms. The Bertz CT molecular complexity index is 472. The number of carbonyl (C=O) groups is 2. The average Bonchev–Trinajstić information content (AvgIpc) is 2.39. The first-order valence-corrected chi connectivity index (χ1v) is 6.48. The molecule has 0 bridgehead atoms. The Morgan fingerprint density at radius 1 is 1.42 bits per heavy atom. The van der Waals surface area contributed by atoms with Gasteiger partial charge in [-0.05, 0) is 41.9 Å². The first kappa shape index (κ1) is 15.5. The number of hydrogen-bond acceptors (Lipinski definition) is 5. The molecule has 6 heteroatoms. The van der Waals surface area contributed by atoms with Gasteiger partial charge in [-0.2, -0.15) is 0 Å². The Morgan fingerprint density at radius 3 is 2.63 bits per heavy atom. The van der Waals surface area contributed by atoms with Crippen molar-refractivity contribution in [3.63, 3.8) is 0 Å². The van der Waals surface area contributed by atoms with Crippen molar-refractivity contribution in [3.8, 4) is 11.5 Å². The third-order valence-electron chi connectivity index (χ3n) is 2.33. The molecular formula is C13H15BrO5. The predicted molar refractivity (Wildman–Crippen MR) is 72.8 cm³/mol. The summed E-state index contributed by atoms with van der Waals surface area (Å²) in [6.45, 7) is 3.59. The third kappa shape index (κ3) is 3.96. The smallest absolute Gasteiger partial charge is 0.347 e. The highest BCUT2D eigenvalue weighted by atomic mass is 79.9. The van der Waals surface area contributed by atoms with E-state index in [9.17, 15) is 9.59 Å². The minimum atomic E-state index is -0.761. The van der Waals surface area contributed by atoms with Crippen molar-refractivity contribution in [3.05, 3.63) is 22.2 Å². The van der Waals surface area contributed by atoms with Gasteiger partial charge in [-0.15, -0.1) is 0 Å². The van der Waals surface area contributed by atoms with Crippen molar-refractivity contribution in [2.24, 2.45) is 0 Å². The second-order valence-electron chi connectivity index (χ2n) is 3.65. The van der Waals surface area contributed by atoms with Gasteiger partial charge in [-0.25, -0.2) is 4.79 Å². The van der Waals surface area contributed by atoms with Gasteiger partial charge in [0.1, 0.15) is 0 Å². The molecule has 5 nitrogen and oxygen atoms in total. The van der Waals surface area contributed by atoms with E-state index >= 15 is 0 Å². The second kappa shape index (κ2) is 7.13. The quantitative estimate of drug-likeness (QED) is 0.592. The molecule has 0 aliphatic carbocycles. The van der Waals surface area contributed by atoms with E-state index in [1.807, 2.05) is 0 Å². The molecule has 1 aromatic rings. The van der Waals surface area contributed by atoms with Crippen LogP contribution in [-0.2, 0) is 9.53 Å². The zero-order valence-electron chi connectivity index (χ0n) is 10.9. The van der Waals surface area contributed by atoms with Gasteiger partial charge >= 0.3 is 5.97 Å².